The van der Waals surface area contributed by atoms with E-state index in [0.29, 0.717) is 18.8 Å². The summed E-state index contributed by atoms with van der Waals surface area (Å²) >= 11 is 1.61. The second-order valence-electron chi connectivity index (χ2n) is 6.20. The molecule has 0 saturated carbocycles. The maximum atomic E-state index is 12.7. The third-order valence-corrected chi connectivity index (χ3v) is 5.51. The van der Waals surface area contributed by atoms with Gasteiger partial charge in [0.15, 0.2) is 0 Å². The highest BCUT2D eigenvalue weighted by Gasteiger charge is 2.34. The minimum atomic E-state index is -0.515. The third kappa shape index (κ3) is 4.30. The van der Waals surface area contributed by atoms with E-state index < -0.39 is 6.04 Å². The average Bonchev–Trinajstić information content (AvgIpc) is 2.63. The van der Waals surface area contributed by atoms with Crippen LogP contribution in [0.5, 0.6) is 0 Å². The second-order valence-corrected chi connectivity index (χ2v) is 7.23. The van der Waals surface area contributed by atoms with Crippen molar-refractivity contribution in [3.8, 4) is 0 Å². The Morgan fingerprint density at radius 1 is 1.29 bits per heavy atom. The van der Waals surface area contributed by atoms with Crippen LogP contribution in [0.15, 0.2) is 30.3 Å². The molecular weight excluding hydrogens is 324 g/mol. The van der Waals surface area contributed by atoms with E-state index in [-0.39, 0.29) is 17.9 Å². The summed E-state index contributed by atoms with van der Waals surface area (Å²) in [6.45, 7) is 1.91. The van der Waals surface area contributed by atoms with E-state index in [1.165, 1.54) is 6.42 Å². The Morgan fingerprint density at radius 3 is 2.88 bits per heavy atom. The van der Waals surface area contributed by atoms with E-state index in [1.54, 1.807) is 16.7 Å². The molecule has 2 saturated heterocycles. The SMILES string of the molecule is O=C1NCCN(C(=O)CSC[C@@H]2CCCCO2)[C@@H]1c1ccccc1. The zero-order valence-electron chi connectivity index (χ0n) is 13.8. The minimum Gasteiger partial charge on any atom is -0.377 e. The molecule has 0 radical (unpaired) electrons. The Bertz CT molecular complexity index is 561. The lowest BCUT2D eigenvalue weighted by molar-refractivity contribution is -0.141. The first-order chi connectivity index (χ1) is 11.8. The highest BCUT2D eigenvalue weighted by Crippen LogP contribution is 2.24. The van der Waals surface area contributed by atoms with Crippen molar-refractivity contribution in [3.63, 3.8) is 0 Å². The van der Waals surface area contributed by atoms with Crippen LogP contribution < -0.4 is 5.32 Å². The molecule has 0 aliphatic carbocycles. The molecule has 1 aromatic rings. The van der Waals surface area contributed by atoms with Crippen LogP contribution in [0.1, 0.15) is 30.9 Å². The number of piperazine rings is 1. The summed E-state index contributed by atoms with van der Waals surface area (Å²) in [6.07, 6.45) is 3.70. The molecule has 3 rings (SSSR count). The van der Waals surface area contributed by atoms with E-state index in [2.05, 4.69) is 5.32 Å². The maximum Gasteiger partial charge on any atom is 0.247 e. The van der Waals surface area contributed by atoms with Crippen LogP contribution in [-0.4, -0.2) is 54.0 Å². The predicted octanol–water partition coefficient (Wildman–Crippen LogP) is 1.99. The number of hydrogen-bond acceptors (Lipinski definition) is 4. The van der Waals surface area contributed by atoms with Gasteiger partial charge in [0.05, 0.1) is 11.9 Å². The second kappa shape index (κ2) is 8.53. The van der Waals surface area contributed by atoms with Gasteiger partial charge in [-0.2, -0.15) is 0 Å². The fraction of sp³-hybridized carbons (Fsp3) is 0.556. The van der Waals surface area contributed by atoms with Gasteiger partial charge in [0.2, 0.25) is 11.8 Å². The summed E-state index contributed by atoms with van der Waals surface area (Å²) in [4.78, 5) is 26.7. The summed E-state index contributed by atoms with van der Waals surface area (Å²) < 4.78 is 5.70. The molecule has 130 valence electrons. The molecule has 6 heteroatoms. The van der Waals surface area contributed by atoms with Crippen molar-refractivity contribution in [1.82, 2.24) is 10.2 Å². The van der Waals surface area contributed by atoms with Gasteiger partial charge in [-0.25, -0.2) is 0 Å². The van der Waals surface area contributed by atoms with Crippen molar-refractivity contribution in [3.05, 3.63) is 35.9 Å². The summed E-state index contributed by atoms with van der Waals surface area (Å²) in [5.74, 6) is 1.18. The molecule has 2 fully saturated rings. The summed E-state index contributed by atoms with van der Waals surface area (Å²) in [5, 5.41) is 2.86. The Labute approximate surface area is 147 Å². The van der Waals surface area contributed by atoms with Crippen molar-refractivity contribution >= 4 is 23.6 Å². The van der Waals surface area contributed by atoms with E-state index in [0.717, 1.165) is 30.8 Å². The highest BCUT2D eigenvalue weighted by atomic mass is 32.2. The lowest BCUT2D eigenvalue weighted by atomic mass is 10.0. The van der Waals surface area contributed by atoms with Crippen molar-refractivity contribution < 1.29 is 14.3 Å². The Hall–Kier alpha value is -1.53. The topological polar surface area (TPSA) is 58.6 Å². The van der Waals surface area contributed by atoms with Crippen molar-refractivity contribution in [2.24, 2.45) is 0 Å². The molecule has 2 atom stereocenters. The van der Waals surface area contributed by atoms with Crippen molar-refractivity contribution in [1.29, 1.82) is 0 Å². The van der Waals surface area contributed by atoms with Gasteiger partial charge in [-0.05, 0) is 24.8 Å². The average molecular weight is 348 g/mol. The molecular formula is C18H24N2O3S. The largest absolute Gasteiger partial charge is 0.377 e. The van der Waals surface area contributed by atoms with Crippen LogP contribution >= 0.6 is 11.8 Å². The molecule has 2 aliphatic heterocycles. The van der Waals surface area contributed by atoms with Crippen molar-refractivity contribution in [2.75, 3.05) is 31.2 Å². The minimum absolute atomic E-state index is 0.0273. The summed E-state index contributed by atoms with van der Waals surface area (Å²) in [7, 11) is 0. The standard InChI is InChI=1S/C18H24N2O3S/c21-16(13-24-12-15-8-4-5-11-23-15)20-10-9-19-18(22)17(20)14-6-2-1-3-7-14/h1-3,6-7,15,17H,4-5,8-13H2,(H,19,22)/t15-,17+/m0/s1. The molecule has 0 spiro atoms. The molecule has 0 unspecified atom stereocenters. The van der Waals surface area contributed by atoms with Gasteiger partial charge >= 0.3 is 0 Å². The number of carbonyl (C=O) groups is 2. The molecule has 2 aliphatic rings. The number of benzene rings is 1. The van der Waals surface area contributed by atoms with E-state index in [1.807, 2.05) is 30.3 Å². The van der Waals surface area contributed by atoms with Crippen LogP contribution in [0, 0.1) is 0 Å². The molecule has 0 bridgehead atoms. The van der Waals surface area contributed by atoms with Crippen LogP contribution in [0.3, 0.4) is 0 Å². The normalized spacial score (nSPS) is 24.5. The van der Waals surface area contributed by atoms with Crippen LogP contribution in [0.2, 0.25) is 0 Å². The maximum absolute atomic E-state index is 12.7. The quantitative estimate of drug-likeness (QED) is 0.884. The molecule has 1 N–H and O–H groups in total. The molecule has 2 amide bonds. The van der Waals surface area contributed by atoms with Crippen LogP contribution in [0.4, 0.5) is 0 Å². The number of nitrogens with zero attached hydrogens (tertiary/aromatic N) is 1. The van der Waals surface area contributed by atoms with Gasteiger partial charge in [-0.15, -0.1) is 11.8 Å². The summed E-state index contributed by atoms with van der Waals surface area (Å²) in [6, 6.07) is 9.00. The van der Waals surface area contributed by atoms with Crippen LogP contribution in [0.25, 0.3) is 0 Å². The number of amides is 2. The van der Waals surface area contributed by atoms with Gasteiger partial charge < -0.3 is 15.0 Å². The van der Waals surface area contributed by atoms with Gasteiger partial charge in [0.1, 0.15) is 6.04 Å². The van der Waals surface area contributed by atoms with Crippen LogP contribution in [-0.2, 0) is 14.3 Å². The number of thioether (sulfide) groups is 1. The lowest BCUT2D eigenvalue weighted by Crippen LogP contribution is -2.52. The number of nitrogens with one attached hydrogen (secondary N) is 1. The first kappa shape index (κ1) is 17.3. The molecule has 0 aromatic heterocycles. The number of rotatable bonds is 5. The number of carbonyl (C=O) groups excluding carboxylic acids is 2. The molecule has 1 aromatic carbocycles. The van der Waals surface area contributed by atoms with E-state index in [4.69, 9.17) is 4.74 Å². The Kier molecular flexibility index (Phi) is 6.15. The molecule has 24 heavy (non-hydrogen) atoms. The van der Waals surface area contributed by atoms with Gasteiger partial charge in [0, 0.05) is 25.4 Å². The molecule has 5 nitrogen and oxygen atoms in total. The zero-order valence-corrected chi connectivity index (χ0v) is 14.6. The zero-order chi connectivity index (χ0) is 16.8. The summed E-state index contributed by atoms with van der Waals surface area (Å²) in [5.41, 5.74) is 0.865. The van der Waals surface area contributed by atoms with E-state index in [9.17, 15) is 9.59 Å². The van der Waals surface area contributed by atoms with Gasteiger partial charge in [0.25, 0.3) is 0 Å². The fourth-order valence-corrected chi connectivity index (χ4v) is 4.19. The first-order valence-corrected chi connectivity index (χ1v) is 9.72. The van der Waals surface area contributed by atoms with Crippen molar-refractivity contribution in [2.45, 2.75) is 31.4 Å². The monoisotopic (exact) mass is 348 g/mol. The van der Waals surface area contributed by atoms with E-state index >= 15 is 0 Å². The lowest BCUT2D eigenvalue weighted by Gasteiger charge is -2.35. The Morgan fingerprint density at radius 2 is 2.12 bits per heavy atom. The Balaban J connectivity index is 1.58. The molecule has 2 heterocycles. The number of ether oxygens (including phenoxy) is 1. The van der Waals surface area contributed by atoms with Gasteiger partial charge in [-0.1, -0.05) is 30.3 Å². The third-order valence-electron chi connectivity index (χ3n) is 4.45. The van der Waals surface area contributed by atoms with Gasteiger partial charge in [-0.3, -0.25) is 9.59 Å². The highest BCUT2D eigenvalue weighted by molar-refractivity contribution is 7.99. The number of hydrogen-bond donors (Lipinski definition) is 1. The predicted molar refractivity (Wildman–Crippen MR) is 94.8 cm³/mol. The smallest absolute Gasteiger partial charge is 0.247 e. The fourth-order valence-electron chi connectivity index (χ4n) is 3.20. The first-order valence-electron chi connectivity index (χ1n) is 8.57.